The van der Waals surface area contributed by atoms with Crippen molar-refractivity contribution in [3.63, 3.8) is 0 Å². The molecule has 0 aliphatic rings. The topological polar surface area (TPSA) is 57.2 Å². The number of hydrogen-bond acceptors (Lipinski definition) is 4. The lowest BCUT2D eigenvalue weighted by Gasteiger charge is -2.16. The Morgan fingerprint density at radius 2 is 2.00 bits per heavy atom. The highest BCUT2D eigenvalue weighted by molar-refractivity contribution is 6.37. The van der Waals surface area contributed by atoms with Gasteiger partial charge in [0.25, 0.3) is 0 Å². The van der Waals surface area contributed by atoms with Crippen LogP contribution < -0.4 is 10.6 Å². The van der Waals surface area contributed by atoms with Gasteiger partial charge in [-0.1, -0.05) is 23.2 Å². The summed E-state index contributed by atoms with van der Waals surface area (Å²) in [6, 6.07) is 1.75. The first kappa shape index (κ1) is 14.4. The predicted molar refractivity (Wildman–Crippen MR) is 73.2 cm³/mol. The molecular weight excluding hydrogens is 261 g/mol. The first-order valence-corrected chi connectivity index (χ1v) is 6.31. The normalized spacial score (nSPS) is 12.3. The van der Waals surface area contributed by atoms with Crippen LogP contribution in [-0.2, 0) is 0 Å². The quantitative estimate of drug-likeness (QED) is 0.748. The highest BCUT2D eigenvalue weighted by Gasteiger charge is 2.10. The molecule has 0 aliphatic heterocycles. The number of aliphatic hydroxyl groups is 1. The van der Waals surface area contributed by atoms with Crippen LogP contribution in [0.15, 0.2) is 6.07 Å². The molecule has 17 heavy (non-hydrogen) atoms. The molecule has 0 aromatic carbocycles. The Hall–Kier alpha value is -0.710. The number of anilines is 2. The lowest BCUT2D eigenvalue weighted by atomic mass is 10.2. The Kier molecular flexibility index (Phi) is 5.82. The van der Waals surface area contributed by atoms with Gasteiger partial charge in [0, 0.05) is 19.2 Å². The van der Waals surface area contributed by atoms with Gasteiger partial charge in [0.05, 0.1) is 10.0 Å². The second-order valence-corrected chi connectivity index (χ2v) is 4.55. The van der Waals surface area contributed by atoms with Gasteiger partial charge in [0.1, 0.15) is 11.6 Å². The highest BCUT2D eigenvalue weighted by atomic mass is 35.5. The van der Waals surface area contributed by atoms with Gasteiger partial charge in [-0.25, -0.2) is 4.98 Å². The zero-order chi connectivity index (χ0) is 12.8. The van der Waals surface area contributed by atoms with Crippen molar-refractivity contribution in [2.45, 2.75) is 26.3 Å². The van der Waals surface area contributed by atoms with Crippen LogP contribution in [0.4, 0.5) is 11.6 Å². The molecular formula is C11H17Cl2N3O. The molecule has 0 bridgehead atoms. The summed E-state index contributed by atoms with van der Waals surface area (Å²) in [7, 11) is 0. The standard InChI is InChI=1S/C11H17Cl2N3O/c1-3-14-10-8(12)6-9(13)11(16-10)15-7(2)4-5-17/h6-7,17H,3-5H2,1-2H3,(H2,14,15,16). The van der Waals surface area contributed by atoms with Crippen molar-refractivity contribution in [3.8, 4) is 0 Å². The molecule has 1 heterocycles. The molecule has 1 rings (SSSR count). The highest BCUT2D eigenvalue weighted by Crippen LogP contribution is 2.29. The molecule has 1 aromatic rings. The number of halogens is 2. The van der Waals surface area contributed by atoms with E-state index >= 15 is 0 Å². The molecule has 0 saturated carbocycles. The number of aliphatic hydroxyl groups excluding tert-OH is 1. The largest absolute Gasteiger partial charge is 0.396 e. The van der Waals surface area contributed by atoms with Crippen LogP contribution in [0.1, 0.15) is 20.3 Å². The number of nitrogens with zero attached hydrogens (tertiary/aromatic N) is 1. The van der Waals surface area contributed by atoms with Crippen molar-refractivity contribution >= 4 is 34.8 Å². The Balaban J connectivity index is 2.87. The molecule has 96 valence electrons. The lowest BCUT2D eigenvalue weighted by Crippen LogP contribution is -2.18. The lowest BCUT2D eigenvalue weighted by molar-refractivity contribution is 0.282. The summed E-state index contributed by atoms with van der Waals surface area (Å²) in [5, 5.41) is 16.0. The van der Waals surface area contributed by atoms with E-state index in [0.717, 1.165) is 6.54 Å². The van der Waals surface area contributed by atoms with E-state index in [2.05, 4.69) is 15.6 Å². The molecule has 0 amide bonds. The van der Waals surface area contributed by atoms with Gasteiger partial charge in [0.2, 0.25) is 0 Å². The molecule has 1 atom stereocenters. The summed E-state index contributed by atoms with van der Waals surface area (Å²) in [5.41, 5.74) is 0. The van der Waals surface area contributed by atoms with Crippen LogP contribution in [0.2, 0.25) is 10.0 Å². The van der Waals surface area contributed by atoms with Gasteiger partial charge in [-0.3, -0.25) is 0 Å². The number of pyridine rings is 1. The predicted octanol–water partition coefficient (Wildman–Crippen LogP) is 3.00. The van der Waals surface area contributed by atoms with Crippen molar-refractivity contribution in [2.24, 2.45) is 0 Å². The van der Waals surface area contributed by atoms with Crippen molar-refractivity contribution in [2.75, 3.05) is 23.8 Å². The fourth-order valence-electron chi connectivity index (χ4n) is 1.36. The average molecular weight is 278 g/mol. The van der Waals surface area contributed by atoms with Crippen LogP contribution in [0.3, 0.4) is 0 Å². The van der Waals surface area contributed by atoms with E-state index in [1.807, 2.05) is 13.8 Å². The van der Waals surface area contributed by atoms with E-state index in [-0.39, 0.29) is 12.6 Å². The maximum Gasteiger partial charge on any atom is 0.147 e. The molecule has 0 fully saturated rings. The van der Waals surface area contributed by atoms with Gasteiger partial charge in [-0.05, 0) is 26.3 Å². The van der Waals surface area contributed by atoms with Gasteiger partial charge < -0.3 is 15.7 Å². The fourth-order valence-corrected chi connectivity index (χ4v) is 1.84. The van der Waals surface area contributed by atoms with E-state index in [0.29, 0.717) is 28.1 Å². The monoisotopic (exact) mass is 277 g/mol. The van der Waals surface area contributed by atoms with Gasteiger partial charge in [0.15, 0.2) is 0 Å². The summed E-state index contributed by atoms with van der Waals surface area (Å²) in [4.78, 5) is 4.32. The molecule has 0 radical (unpaired) electrons. The number of aromatic nitrogens is 1. The van der Waals surface area contributed by atoms with Crippen molar-refractivity contribution < 1.29 is 5.11 Å². The third-order valence-electron chi connectivity index (χ3n) is 2.22. The van der Waals surface area contributed by atoms with E-state index < -0.39 is 0 Å². The fraction of sp³-hybridized carbons (Fsp3) is 0.545. The molecule has 3 N–H and O–H groups in total. The molecule has 0 aliphatic carbocycles. The molecule has 0 spiro atoms. The minimum absolute atomic E-state index is 0.0978. The molecule has 4 nitrogen and oxygen atoms in total. The Morgan fingerprint density at radius 1 is 1.35 bits per heavy atom. The van der Waals surface area contributed by atoms with Crippen molar-refractivity contribution in [1.82, 2.24) is 4.98 Å². The SMILES string of the molecule is CCNc1nc(NC(C)CCO)c(Cl)cc1Cl. The van der Waals surface area contributed by atoms with E-state index in [4.69, 9.17) is 28.3 Å². The molecule has 1 unspecified atom stereocenters. The molecule has 6 heteroatoms. The number of nitrogens with one attached hydrogen (secondary N) is 2. The zero-order valence-corrected chi connectivity index (χ0v) is 11.4. The third kappa shape index (κ3) is 4.22. The first-order chi connectivity index (χ1) is 8.08. The number of rotatable bonds is 6. The van der Waals surface area contributed by atoms with Gasteiger partial charge in [-0.2, -0.15) is 0 Å². The number of hydrogen-bond donors (Lipinski definition) is 3. The summed E-state index contributed by atoms with van der Waals surface area (Å²) in [6.45, 7) is 4.78. The smallest absolute Gasteiger partial charge is 0.147 e. The maximum atomic E-state index is 8.84. The summed E-state index contributed by atoms with van der Waals surface area (Å²) < 4.78 is 0. The van der Waals surface area contributed by atoms with Crippen LogP contribution in [0, 0.1) is 0 Å². The van der Waals surface area contributed by atoms with E-state index in [1.54, 1.807) is 6.07 Å². The summed E-state index contributed by atoms with van der Waals surface area (Å²) in [6.07, 6.45) is 0.636. The Labute approximate surface area is 111 Å². The minimum atomic E-state index is 0.0978. The Bertz CT molecular complexity index is 374. The second-order valence-electron chi connectivity index (χ2n) is 3.74. The average Bonchev–Trinajstić information content (AvgIpc) is 2.25. The maximum absolute atomic E-state index is 8.84. The van der Waals surface area contributed by atoms with Crippen molar-refractivity contribution in [3.05, 3.63) is 16.1 Å². The van der Waals surface area contributed by atoms with Crippen LogP contribution in [-0.4, -0.2) is 29.3 Å². The van der Waals surface area contributed by atoms with Crippen LogP contribution in [0.5, 0.6) is 0 Å². The minimum Gasteiger partial charge on any atom is -0.396 e. The summed E-state index contributed by atoms with van der Waals surface area (Å²) in [5.74, 6) is 1.19. The van der Waals surface area contributed by atoms with Crippen molar-refractivity contribution in [1.29, 1.82) is 0 Å². The van der Waals surface area contributed by atoms with E-state index in [9.17, 15) is 0 Å². The second kappa shape index (κ2) is 6.89. The molecule has 1 aromatic heterocycles. The van der Waals surface area contributed by atoms with Crippen LogP contribution >= 0.6 is 23.2 Å². The van der Waals surface area contributed by atoms with Gasteiger partial charge >= 0.3 is 0 Å². The Morgan fingerprint density at radius 3 is 2.59 bits per heavy atom. The summed E-state index contributed by atoms with van der Waals surface area (Å²) >= 11 is 12.0. The third-order valence-corrected chi connectivity index (χ3v) is 2.80. The molecule has 0 saturated heterocycles. The van der Waals surface area contributed by atoms with E-state index in [1.165, 1.54) is 0 Å². The zero-order valence-electron chi connectivity index (χ0n) is 9.93. The van der Waals surface area contributed by atoms with Gasteiger partial charge in [-0.15, -0.1) is 0 Å². The van der Waals surface area contributed by atoms with Crippen LogP contribution in [0.25, 0.3) is 0 Å². The first-order valence-electron chi connectivity index (χ1n) is 5.55.